The molecule has 0 atom stereocenters. The molecule has 4 aromatic rings. The largest absolute Gasteiger partial charge is 0.403 e. The highest BCUT2D eigenvalue weighted by Gasteiger charge is 2.15. The van der Waals surface area contributed by atoms with Gasteiger partial charge >= 0.3 is 6.01 Å². The molecule has 32 heavy (non-hydrogen) atoms. The molecule has 3 aromatic carbocycles. The number of nitrogens with zero attached hydrogens (tertiary/aromatic N) is 2. The summed E-state index contributed by atoms with van der Waals surface area (Å²) < 4.78 is 28.6. The average Bonchev–Trinajstić information content (AvgIpc) is 3.27. The number of aromatic nitrogens is 2. The highest BCUT2D eigenvalue weighted by molar-refractivity contribution is 7.90. The van der Waals surface area contributed by atoms with Gasteiger partial charge < -0.3 is 4.42 Å². The lowest BCUT2D eigenvalue weighted by Crippen LogP contribution is -2.12. The minimum absolute atomic E-state index is 0.110. The Morgan fingerprint density at radius 1 is 0.781 bits per heavy atom. The van der Waals surface area contributed by atoms with Gasteiger partial charge in [0.2, 0.25) is 5.89 Å². The van der Waals surface area contributed by atoms with E-state index in [4.69, 9.17) is 4.42 Å². The highest BCUT2D eigenvalue weighted by atomic mass is 32.2. The van der Waals surface area contributed by atoms with Gasteiger partial charge in [-0.3, -0.25) is 14.9 Å². The third-order valence-corrected chi connectivity index (χ3v) is 5.75. The Morgan fingerprint density at radius 3 is 2.00 bits per heavy atom. The first kappa shape index (κ1) is 21.1. The van der Waals surface area contributed by atoms with Crippen LogP contribution in [0.1, 0.15) is 26.3 Å². The number of hydrogen-bond acceptors (Lipinski definition) is 7. The van der Waals surface area contributed by atoms with Gasteiger partial charge in [0.05, 0.1) is 4.90 Å². The molecule has 0 aliphatic rings. The second-order valence-corrected chi connectivity index (χ2v) is 8.95. The fourth-order valence-electron chi connectivity index (χ4n) is 2.93. The maximum atomic E-state index is 12.5. The maximum Gasteiger partial charge on any atom is 0.322 e. The smallest absolute Gasteiger partial charge is 0.322 e. The van der Waals surface area contributed by atoms with E-state index in [1.54, 1.807) is 36.4 Å². The van der Waals surface area contributed by atoms with E-state index in [-0.39, 0.29) is 22.6 Å². The van der Waals surface area contributed by atoms with Gasteiger partial charge in [-0.15, -0.1) is 5.10 Å². The summed E-state index contributed by atoms with van der Waals surface area (Å²) in [5, 5.41) is 10.2. The summed E-state index contributed by atoms with van der Waals surface area (Å²) in [6.07, 6.45) is 1.12. The molecule has 8 nitrogen and oxygen atoms in total. The summed E-state index contributed by atoms with van der Waals surface area (Å²) >= 11 is 0. The number of ketones is 1. The van der Waals surface area contributed by atoms with Crippen LogP contribution in [0.5, 0.6) is 0 Å². The predicted octanol–water partition coefficient (Wildman–Crippen LogP) is 3.62. The monoisotopic (exact) mass is 447 g/mol. The summed E-state index contributed by atoms with van der Waals surface area (Å²) in [5.41, 5.74) is 1.85. The van der Waals surface area contributed by atoms with Crippen LogP contribution in [0.15, 0.2) is 88.2 Å². The van der Waals surface area contributed by atoms with Crippen LogP contribution in [0, 0.1) is 0 Å². The summed E-state index contributed by atoms with van der Waals surface area (Å²) in [6, 6.07) is 20.9. The summed E-state index contributed by atoms with van der Waals surface area (Å²) in [4.78, 5) is 25.1. The molecule has 0 aliphatic heterocycles. The number of sulfone groups is 1. The number of rotatable bonds is 6. The molecule has 0 bridgehead atoms. The van der Waals surface area contributed by atoms with E-state index in [0.29, 0.717) is 22.3 Å². The van der Waals surface area contributed by atoms with Gasteiger partial charge in [-0.1, -0.05) is 47.6 Å². The third kappa shape index (κ3) is 4.62. The molecule has 9 heteroatoms. The first-order valence-electron chi connectivity index (χ1n) is 9.46. The van der Waals surface area contributed by atoms with E-state index in [1.807, 2.05) is 6.07 Å². The van der Waals surface area contributed by atoms with Crippen LogP contribution in [0.25, 0.3) is 11.5 Å². The average molecular weight is 447 g/mol. The van der Waals surface area contributed by atoms with Gasteiger partial charge in [-0.25, -0.2) is 8.42 Å². The fraction of sp³-hybridized carbons (Fsp3) is 0.0435. The van der Waals surface area contributed by atoms with E-state index in [2.05, 4.69) is 15.5 Å². The molecule has 0 unspecified atom stereocenters. The molecule has 0 saturated heterocycles. The van der Waals surface area contributed by atoms with Crippen molar-refractivity contribution < 1.29 is 22.4 Å². The zero-order valence-electron chi connectivity index (χ0n) is 16.8. The van der Waals surface area contributed by atoms with Crippen molar-refractivity contribution in [1.82, 2.24) is 10.2 Å². The number of benzene rings is 3. The second kappa shape index (κ2) is 8.56. The Bertz CT molecular complexity index is 1380. The van der Waals surface area contributed by atoms with Crippen LogP contribution in [-0.4, -0.2) is 36.6 Å². The van der Waals surface area contributed by atoms with Crippen LogP contribution in [-0.2, 0) is 9.84 Å². The molecular formula is C23H17N3O5S. The number of carbonyl (C=O) groups excluding carboxylic acids is 2. The van der Waals surface area contributed by atoms with Gasteiger partial charge in [-0.05, 0) is 36.4 Å². The zero-order valence-corrected chi connectivity index (χ0v) is 17.7. The highest BCUT2D eigenvalue weighted by Crippen LogP contribution is 2.22. The fourth-order valence-corrected chi connectivity index (χ4v) is 3.56. The summed E-state index contributed by atoms with van der Waals surface area (Å²) in [5.74, 6) is -0.489. The number of carbonyl (C=O) groups is 2. The van der Waals surface area contributed by atoms with E-state index in [9.17, 15) is 18.0 Å². The molecule has 0 fully saturated rings. The number of nitrogens with one attached hydrogen (secondary N) is 1. The Hall–Kier alpha value is -4.11. The van der Waals surface area contributed by atoms with Crippen molar-refractivity contribution in [2.75, 3.05) is 11.6 Å². The summed E-state index contributed by atoms with van der Waals surface area (Å²) in [6.45, 7) is 0. The van der Waals surface area contributed by atoms with Crippen molar-refractivity contribution in [3.63, 3.8) is 0 Å². The Kier molecular flexibility index (Phi) is 5.65. The standard InChI is InChI=1S/C23H17N3O5S/c1-32(29,30)19-13-11-18(12-14-19)22-25-26-23(31-22)24-21(28)17-9-7-16(8-10-17)20(27)15-5-3-2-4-6-15/h2-14H,1H3,(H,24,26,28). The molecule has 0 spiro atoms. The number of amides is 1. The van der Waals surface area contributed by atoms with Gasteiger partial charge in [0.15, 0.2) is 15.6 Å². The molecule has 0 aliphatic carbocycles. The molecular weight excluding hydrogens is 430 g/mol. The van der Waals surface area contributed by atoms with Crippen molar-refractivity contribution in [3.8, 4) is 11.5 Å². The van der Waals surface area contributed by atoms with Crippen LogP contribution >= 0.6 is 0 Å². The van der Waals surface area contributed by atoms with Crippen molar-refractivity contribution in [3.05, 3.63) is 95.6 Å². The topological polar surface area (TPSA) is 119 Å². The SMILES string of the molecule is CS(=O)(=O)c1ccc(-c2nnc(NC(=O)c3ccc(C(=O)c4ccccc4)cc3)o2)cc1. The Balaban J connectivity index is 1.44. The molecule has 4 rings (SSSR count). The minimum Gasteiger partial charge on any atom is -0.403 e. The molecule has 0 radical (unpaired) electrons. The second-order valence-electron chi connectivity index (χ2n) is 6.94. The third-order valence-electron chi connectivity index (χ3n) is 4.62. The molecule has 1 aromatic heterocycles. The predicted molar refractivity (Wildman–Crippen MR) is 117 cm³/mol. The maximum absolute atomic E-state index is 12.5. The van der Waals surface area contributed by atoms with Crippen molar-refractivity contribution in [1.29, 1.82) is 0 Å². The van der Waals surface area contributed by atoms with Gasteiger partial charge in [0.1, 0.15) is 0 Å². The lowest BCUT2D eigenvalue weighted by atomic mass is 10.0. The number of anilines is 1. The molecule has 0 saturated carbocycles. The van der Waals surface area contributed by atoms with E-state index in [0.717, 1.165) is 6.26 Å². The van der Waals surface area contributed by atoms with E-state index < -0.39 is 15.7 Å². The van der Waals surface area contributed by atoms with Crippen molar-refractivity contribution in [2.45, 2.75) is 4.90 Å². The quantitative estimate of drug-likeness (QED) is 0.448. The Morgan fingerprint density at radius 2 is 1.38 bits per heavy atom. The van der Waals surface area contributed by atoms with Crippen molar-refractivity contribution >= 4 is 27.5 Å². The molecule has 1 amide bonds. The minimum atomic E-state index is -3.31. The van der Waals surface area contributed by atoms with Crippen LogP contribution in [0.4, 0.5) is 6.01 Å². The van der Waals surface area contributed by atoms with Gasteiger partial charge in [-0.2, -0.15) is 0 Å². The van der Waals surface area contributed by atoms with Crippen LogP contribution in [0.2, 0.25) is 0 Å². The molecule has 160 valence electrons. The van der Waals surface area contributed by atoms with E-state index >= 15 is 0 Å². The van der Waals surface area contributed by atoms with Gasteiger partial charge in [0, 0.05) is 28.5 Å². The zero-order chi connectivity index (χ0) is 22.7. The lowest BCUT2D eigenvalue weighted by molar-refractivity contribution is 0.101. The van der Waals surface area contributed by atoms with Crippen LogP contribution in [0.3, 0.4) is 0 Å². The molecule has 1 N–H and O–H groups in total. The van der Waals surface area contributed by atoms with Gasteiger partial charge in [0.25, 0.3) is 5.91 Å². The lowest BCUT2D eigenvalue weighted by Gasteiger charge is -2.04. The number of hydrogen-bond donors (Lipinski definition) is 1. The molecule has 1 heterocycles. The summed E-state index contributed by atoms with van der Waals surface area (Å²) in [7, 11) is -3.31. The normalized spacial score (nSPS) is 11.2. The first-order chi connectivity index (χ1) is 15.3. The van der Waals surface area contributed by atoms with E-state index in [1.165, 1.54) is 36.4 Å². The first-order valence-corrected chi connectivity index (χ1v) is 11.4. The van der Waals surface area contributed by atoms with Crippen LogP contribution < -0.4 is 5.32 Å². The van der Waals surface area contributed by atoms with Crippen molar-refractivity contribution in [2.24, 2.45) is 0 Å². The Labute approximate surface area is 183 Å².